The van der Waals surface area contributed by atoms with E-state index in [2.05, 4.69) is 21.0 Å². The van der Waals surface area contributed by atoms with E-state index < -0.39 is 0 Å². The van der Waals surface area contributed by atoms with Crippen molar-refractivity contribution in [3.8, 4) is 5.75 Å². The van der Waals surface area contributed by atoms with Gasteiger partial charge in [0, 0.05) is 25.4 Å². The van der Waals surface area contributed by atoms with Gasteiger partial charge in [0.05, 0.1) is 36.7 Å². The molecule has 1 atom stereocenters. The van der Waals surface area contributed by atoms with Crippen LogP contribution in [0.4, 0.5) is 5.95 Å². The van der Waals surface area contributed by atoms with Crippen LogP contribution in [0.1, 0.15) is 45.9 Å². The van der Waals surface area contributed by atoms with Crippen molar-refractivity contribution in [3.05, 3.63) is 76.9 Å². The number of rotatable bonds is 6. The number of anilines is 1. The topological polar surface area (TPSA) is 103 Å². The molecule has 3 aromatic rings. The Labute approximate surface area is 187 Å². The van der Waals surface area contributed by atoms with Crippen LogP contribution in [0.15, 0.2) is 48.8 Å². The molecule has 0 bridgehead atoms. The first-order chi connectivity index (χ1) is 15.5. The maximum absolute atomic E-state index is 13.0. The van der Waals surface area contributed by atoms with Crippen LogP contribution in [-0.2, 0) is 11.2 Å². The number of carbonyl (C=O) groups is 1. The second kappa shape index (κ2) is 9.74. The van der Waals surface area contributed by atoms with Crippen molar-refractivity contribution < 1.29 is 14.3 Å². The largest absolute Gasteiger partial charge is 0.494 e. The number of aryl methyl sites for hydroxylation is 1. The molecule has 1 aliphatic rings. The van der Waals surface area contributed by atoms with Crippen molar-refractivity contribution in [1.29, 1.82) is 0 Å². The molecule has 1 aromatic carbocycles. The summed E-state index contributed by atoms with van der Waals surface area (Å²) >= 11 is 0. The van der Waals surface area contributed by atoms with Gasteiger partial charge in [-0.05, 0) is 37.1 Å². The zero-order valence-corrected chi connectivity index (χ0v) is 18.3. The van der Waals surface area contributed by atoms with E-state index in [1.807, 2.05) is 43.5 Å². The van der Waals surface area contributed by atoms with E-state index in [-0.39, 0.29) is 18.0 Å². The summed E-state index contributed by atoms with van der Waals surface area (Å²) in [5.41, 5.74) is 9.63. The Kier molecular flexibility index (Phi) is 6.61. The van der Waals surface area contributed by atoms with Crippen LogP contribution >= 0.6 is 0 Å². The molecule has 0 spiro atoms. The van der Waals surface area contributed by atoms with Crippen molar-refractivity contribution in [2.75, 3.05) is 32.0 Å². The molecule has 166 valence electrons. The molecule has 1 amide bonds. The van der Waals surface area contributed by atoms with E-state index in [9.17, 15) is 4.79 Å². The highest BCUT2D eigenvalue weighted by Crippen LogP contribution is 2.25. The van der Waals surface area contributed by atoms with Crippen LogP contribution in [0.3, 0.4) is 0 Å². The first-order valence-electron chi connectivity index (χ1n) is 10.7. The standard InChI is InChI=1S/C24H27N5O3/c1-3-31-21-7-5-4-6-18(21)12-17-8-9-20(26-13-17)22-15-29(10-11-32-22)23(30)19-14-27-24(25)28-16(19)2/h4-9,13-14,22H,3,10-12,15H2,1-2H3,(H2,25,27,28). The SMILES string of the molecule is CCOc1ccccc1Cc1ccc(C2CN(C(=O)c3cnc(N)nc3C)CCO2)nc1. The smallest absolute Gasteiger partial charge is 0.257 e. The lowest BCUT2D eigenvalue weighted by molar-refractivity contribution is -0.0247. The van der Waals surface area contributed by atoms with E-state index in [1.165, 1.54) is 6.20 Å². The molecule has 8 heteroatoms. The molecule has 1 aliphatic heterocycles. The molecular weight excluding hydrogens is 406 g/mol. The summed E-state index contributed by atoms with van der Waals surface area (Å²) < 4.78 is 11.6. The summed E-state index contributed by atoms with van der Waals surface area (Å²) in [5, 5.41) is 0. The fourth-order valence-corrected chi connectivity index (χ4v) is 3.78. The minimum Gasteiger partial charge on any atom is -0.494 e. The number of benzene rings is 1. The van der Waals surface area contributed by atoms with Gasteiger partial charge >= 0.3 is 0 Å². The average Bonchev–Trinajstić information content (AvgIpc) is 2.81. The Morgan fingerprint density at radius 1 is 1.22 bits per heavy atom. The lowest BCUT2D eigenvalue weighted by Gasteiger charge is -2.33. The second-order valence-electron chi connectivity index (χ2n) is 7.65. The van der Waals surface area contributed by atoms with Crippen LogP contribution in [0.5, 0.6) is 5.75 Å². The van der Waals surface area contributed by atoms with Crippen molar-refractivity contribution in [3.63, 3.8) is 0 Å². The maximum atomic E-state index is 13.0. The molecule has 0 radical (unpaired) electrons. The quantitative estimate of drug-likeness (QED) is 0.637. The van der Waals surface area contributed by atoms with E-state index in [1.54, 1.807) is 11.8 Å². The van der Waals surface area contributed by atoms with Crippen molar-refractivity contribution in [1.82, 2.24) is 19.9 Å². The molecule has 1 unspecified atom stereocenters. The van der Waals surface area contributed by atoms with Gasteiger partial charge < -0.3 is 20.1 Å². The summed E-state index contributed by atoms with van der Waals surface area (Å²) in [6, 6.07) is 12.0. The summed E-state index contributed by atoms with van der Waals surface area (Å²) in [7, 11) is 0. The highest BCUT2D eigenvalue weighted by Gasteiger charge is 2.28. The van der Waals surface area contributed by atoms with Gasteiger partial charge in [-0.15, -0.1) is 0 Å². The molecular formula is C24H27N5O3. The minimum absolute atomic E-state index is 0.125. The van der Waals surface area contributed by atoms with Crippen LogP contribution in [-0.4, -0.2) is 52.1 Å². The number of pyridine rings is 1. The molecule has 32 heavy (non-hydrogen) atoms. The van der Waals surface area contributed by atoms with Gasteiger partial charge in [-0.25, -0.2) is 9.97 Å². The summed E-state index contributed by atoms with van der Waals surface area (Å²) in [6.45, 7) is 5.73. The number of morpholine rings is 1. The lowest BCUT2D eigenvalue weighted by Crippen LogP contribution is -2.42. The Bertz CT molecular complexity index is 1090. The Morgan fingerprint density at radius 2 is 2.06 bits per heavy atom. The van der Waals surface area contributed by atoms with Crippen LogP contribution in [0.25, 0.3) is 0 Å². The molecule has 1 fully saturated rings. The molecule has 1 saturated heterocycles. The molecule has 2 N–H and O–H groups in total. The average molecular weight is 434 g/mol. The van der Waals surface area contributed by atoms with Gasteiger partial charge in [0.2, 0.25) is 5.95 Å². The van der Waals surface area contributed by atoms with E-state index in [4.69, 9.17) is 15.2 Å². The number of nitrogens with zero attached hydrogens (tertiary/aromatic N) is 4. The zero-order valence-electron chi connectivity index (χ0n) is 18.3. The molecule has 4 rings (SSSR count). The molecule has 0 aliphatic carbocycles. The third-order valence-electron chi connectivity index (χ3n) is 5.43. The van der Waals surface area contributed by atoms with Crippen molar-refractivity contribution in [2.45, 2.75) is 26.4 Å². The second-order valence-corrected chi connectivity index (χ2v) is 7.65. The van der Waals surface area contributed by atoms with E-state index >= 15 is 0 Å². The third kappa shape index (κ3) is 4.86. The molecule has 8 nitrogen and oxygen atoms in total. The fourth-order valence-electron chi connectivity index (χ4n) is 3.78. The Hall–Kier alpha value is -3.52. The monoisotopic (exact) mass is 433 g/mol. The summed E-state index contributed by atoms with van der Waals surface area (Å²) in [4.78, 5) is 27.4. The third-order valence-corrected chi connectivity index (χ3v) is 5.43. The number of nitrogen functional groups attached to an aromatic ring is 1. The van der Waals surface area contributed by atoms with E-state index in [0.29, 0.717) is 37.6 Å². The predicted molar refractivity (Wildman–Crippen MR) is 120 cm³/mol. The van der Waals surface area contributed by atoms with E-state index in [0.717, 1.165) is 29.0 Å². The first-order valence-corrected chi connectivity index (χ1v) is 10.7. The van der Waals surface area contributed by atoms with Gasteiger partial charge in [0.25, 0.3) is 5.91 Å². The number of nitrogens with two attached hydrogens (primary N) is 1. The normalized spacial score (nSPS) is 16.1. The predicted octanol–water partition coefficient (Wildman–Crippen LogP) is 2.97. The fraction of sp³-hybridized carbons (Fsp3) is 0.333. The Balaban J connectivity index is 1.44. The van der Waals surface area contributed by atoms with Crippen LogP contribution in [0.2, 0.25) is 0 Å². The van der Waals surface area contributed by atoms with Gasteiger partial charge in [-0.3, -0.25) is 9.78 Å². The number of carbonyl (C=O) groups excluding carboxylic acids is 1. The minimum atomic E-state index is -0.285. The Morgan fingerprint density at radius 3 is 2.81 bits per heavy atom. The number of aromatic nitrogens is 3. The number of ether oxygens (including phenoxy) is 2. The number of para-hydroxylation sites is 1. The first kappa shape index (κ1) is 21.7. The zero-order chi connectivity index (χ0) is 22.5. The van der Waals surface area contributed by atoms with Gasteiger partial charge in [0.15, 0.2) is 0 Å². The maximum Gasteiger partial charge on any atom is 0.257 e. The summed E-state index contributed by atoms with van der Waals surface area (Å²) in [5.74, 6) is 0.929. The highest BCUT2D eigenvalue weighted by atomic mass is 16.5. The van der Waals surface area contributed by atoms with Crippen molar-refractivity contribution >= 4 is 11.9 Å². The van der Waals surface area contributed by atoms with Crippen LogP contribution in [0, 0.1) is 6.92 Å². The lowest BCUT2D eigenvalue weighted by atomic mass is 10.0. The van der Waals surface area contributed by atoms with Crippen molar-refractivity contribution in [2.24, 2.45) is 0 Å². The number of amides is 1. The number of hydrogen-bond acceptors (Lipinski definition) is 7. The molecule has 2 aromatic heterocycles. The van der Waals surface area contributed by atoms with Gasteiger partial charge in [0.1, 0.15) is 11.9 Å². The van der Waals surface area contributed by atoms with Crippen LogP contribution < -0.4 is 10.5 Å². The molecule has 0 saturated carbocycles. The molecule has 3 heterocycles. The number of hydrogen-bond donors (Lipinski definition) is 1. The van der Waals surface area contributed by atoms with Gasteiger partial charge in [-0.2, -0.15) is 0 Å². The highest BCUT2D eigenvalue weighted by molar-refractivity contribution is 5.95. The summed E-state index contributed by atoms with van der Waals surface area (Å²) in [6.07, 6.45) is 3.79. The van der Waals surface area contributed by atoms with Gasteiger partial charge in [-0.1, -0.05) is 24.3 Å².